The molecule has 1 atom stereocenters. The lowest BCUT2D eigenvalue weighted by atomic mass is 9.95. The van der Waals surface area contributed by atoms with Gasteiger partial charge >= 0.3 is 0 Å². The molecular weight excluding hydrogens is 262 g/mol. The second kappa shape index (κ2) is 9.67. The van der Waals surface area contributed by atoms with E-state index in [0.29, 0.717) is 6.04 Å². The lowest BCUT2D eigenvalue weighted by Gasteiger charge is -2.22. The monoisotopic (exact) mass is 293 g/mol. The van der Waals surface area contributed by atoms with Crippen LogP contribution >= 0.6 is 0 Å². The molecule has 0 aliphatic rings. The van der Waals surface area contributed by atoms with Gasteiger partial charge in [-0.3, -0.25) is 0 Å². The number of rotatable bonds is 10. The molecule has 0 aliphatic heterocycles. The number of nitrogens with one attached hydrogen (secondary N) is 1. The zero-order valence-corrected chi connectivity index (χ0v) is 14.3. The first-order valence-corrected chi connectivity index (χ1v) is 8.13. The summed E-state index contributed by atoms with van der Waals surface area (Å²) in [5, 5.41) is 3.68. The van der Waals surface area contributed by atoms with E-state index in [-0.39, 0.29) is 0 Å². The van der Waals surface area contributed by atoms with E-state index in [2.05, 4.69) is 38.2 Å². The summed E-state index contributed by atoms with van der Waals surface area (Å²) >= 11 is 0. The van der Waals surface area contributed by atoms with Crippen molar-refractivity contribution in [3.8, 4) is 11.5 Å². The van der Waals surface area contributed by atoms with Crippen molar-refractivity contribution in [2.24, 2.45) is 0 Å². The maximum atomic E-state index is 5.46. The molecule has 1 rings (SSSR count). The number of hydrogen-bond acceptors (Lipinski definition) is 3. The van der Waals surface area contributed by atoms with E-state index in [1.165, 1.54) is 36.8 Å². The van der Waals surface area contributed by atoms with Crippen molar-refractivity contribution in [3.63, 3.8) is 0 Å². The molecule has 0 aliphatic carbocycles. The fraction of sp³-hybridized carbons (Fsp3) is 0.667. The first-order valence-electron chi connectivity index (χ1n) is 8.13. The lowest BCUT2D eigenvalue weighted by Crippen LogP contribution is -2.23. The molecule has 1 aromatic carbocycles. The van der Waals surface area contributed by atoms with Crippen LogP contribution in [-0.2, 0) is 0 Å². The summed E-state index contributed by atoms with van der Waals surface area (Å²) in [5.74, 6) is 1.62. The van der Waals surface area contributed by atoms with Crippen LogP contribution in [0.5, 0.6) is 11.5 Å². The summed E-state index contributed by atoms with van der Waals surface area (Å²) in [6, 6.07) is 4.61. The summed E-state index contributed by atoms with van der Waals surface area (Å²) in [4.78, 5) is 0. The lowest BCUT2D eigenvalue weighted by molar-refractivity contribution is 0.353. The maximum Gasteiger partial charge on any atom is 0.161 e. The van der Waals surface area contributed by atoms with Gasteiger partial charge in [0.2, 0.25) is 0 Å². The molecule has 0 radical (unpaired) electrons. The molecule has 0 fully saturated rings. The number of benzene rings is 1. The fourth-order valence-corrected chi connectivity index (χ4v) is 2.66. The van der Waals surface area contributed by atoms with E-state index >= 15 is 0 Å². The third kappa shape index (κ3) is 5.24. The highest BCUT2D eigenvalue weighted by molar-refractivity contribution is 5.48. The first-order chi connectivity index (χ1) is 10.2. The van der Waals surface area contributed by atoms with Gasteiger partial charge in [-0.1, -0.05) is 33.1 Å². The van der Waals surface area contributed by atoms with E-state index in [1.54, 1.807) is 14.2 Å². The van der Waals surface area contributed by atoms with Crippen molar-refractivity contribution in [2.75, 3.05) is 20.8 Å². The van der Waals surface area contributed by atoms with Gasteiger partial charge < -0.3 is 14.8 Å². The Morgan fingerprint density at radius 1 is 1.00 bits per heavy atom. The largest absolute Gasteiger partial charge is 0.493 e. The number of methoxy groups -OCH3 is 2. The van der Waals surface area contributed by atoms with Gasteiger partial charge in [0.05, 0.1) is 14.2 Å². The van der Waals surface area contributed by atoms with Gasteiger partial charge in [0.1, 0.15) is 0 Å². The van der Waals surface area contributed by atoms with Gasteiger partial charge in [0.15, 0.2) is 11.5 Å². The zero-order chi connectivity index (χ0) is 15.7. The molecule has 0 heterocycles. The van der Waals surface area contributed by atoms with Gasteiger partial charge in [-0.25, -0.2) is 0 Å². The number of hydrogen-bond donors (Lipinski definition) is 1. The smallest absolute Gasteiger partial charge is 0.161 e. The van der Waals surface area contributed by atoms with Crippen LogP contribution < -0.4 is 14.8 Å². The summed E-state index contributed by atoms with van der Waals surface area (Å²) < 4.78 is 10.8. The van der Waals surface area contributed by atoms with Crippen LogP contribution in [0.25, 0.3) is 0 Å². The Labute approximate surface area is 130 Å². The van der Waals surface area contributed by atoms with E-state index in [9.17, 15) is 0 Å². The normalized spacial score (nSPS) is 12.2. The highest BCUT2D eigenvalue weighted by atomic mass is 16.5. The minimum atomic E-state index is 0.399. The second-order valence-corrected chi connectivity index (χ2v) is 5.57. The predicted molar refractivity (Wildman–Crippen MR) is 89.5 cm³/mol. The predicted octanol–water partition coefficient (Wildman–Crippen LogP) is 4.63. The summed E-state index contributed by atoms with van der Waals surface area (Å²) in [7, 11) is 3.38. The number of unbranched alkanes of at least 4 members (excludes halogenated alkanes) is 2. The molecule has 0 saturated carbocycles. The van der Waals surface area contributed by atoms with Crippen LogP contribution in [0, 0.1) is 6.92 Å². The van der Waals surface area contributed by atoms with Gasteiger partial charge in [-0.2, -0.15) is 0 Å². The molecule has 1 unspecified atom stereocenters. The number of aryl methyl sites for hydroxylation is 1. The van der Waals surface area contributed by atoms with Crippen LogP contribution in [-0.4, -0.2) is 20.8 Å². The van der Waals surface area contributed by atoms with Gasteiger partial charge in [0.25, 0.3) is 0 Å². The van der Waals surface area contributed by atoms with E-state index in [1.807, 2.05) is 0 Å². The summed E-state index contributed by atoms with van der Waals surface area (Å²) in [6.45, 7) is 7.65. The van der Waals surface area contributed by atoms with Crippen molar-refractivity contribution < 1.29 is 9.47 Å². The average molecular weight is 293 g/mol. The molecule has 3 heteroatoms. The summed E-state index contributed by atoms with van der Waals surface area (Å²) in [5.41, 5.74) is 2.59. The van der Waals surface area contributed by atoms with E-state index < -0.39 is 0 Å². The standard InChI is InChI=1S/C18H31NO2/c1-6-8-9-10-16(19-11-7-2)15-13-18(21-5)17(20-4)12-14(15)3/h12-13,16,19H,6-11H2,1-5H3. The highest BCUT2D eigenvalue weighted by Gasteiger charge is 2.16. The Morgan fingerprint density at radius 2 is 1.67 bits per heavy atom. The SMILES string of the molecule is CCCCCC(NCCC)c1cc(OC)c(OC)cc1C. The van der Waals surface area contributed by atoms with E-state index in [0.717, 1.165) is 24.5 Å². The average Bonchev–Trinajstić information content (AvgIpc) is 2.50. The Bertz CT molecular complexity index is 418. The molecule has 0 saturated heterocycles. The maximum absolute atomic E-state index is 5.46. The molecule has 120 valence electrons. The molecule has 0 spiro atoms. The molecule has 3 nitrogen and oxygen atoms in total. The topological polar surface area (TPSA) is 30.5 Å². The molecular formula is C18H31NO2. The van der Waals surface area contributed by atoms with Gasteiger partial charge in [-0.05, 0) is 49.6 Å². The Kier molecular flexibility index (Phi) is 8.21. The third-order valence-corrected chi connectivity index (χ3v) is 3.88. The van der Waals surface area contributed by atoms with Gasteiger partial charge in [-0.15, -0.1) is 0 Å². The molecule has 0 bridgehead atoms. The molecule has 21 heavy (non-hydrogen) atoms. The zero-order valence-electron chi connectivity index (χ0n) is 14.3. The Balaban J connectivity index is 2.98. The Hall–Kier alpha value is -1.22. The molecule has 1 N–H and O–H groups in total. The van der Waals surface area contributed by atoms with Crippen molar-refractivity contribution in [1.82, 2.24) is 5.32 Å². The summed E-state index contributed by atoms with van der Waals surface area (Å²) in [6.07, 6.45) is 6.12. The van der Waals surface area contributed by atoms with Crippen molar-refractivity contribution >= 4 is 0 Å². The third-order valence-electron chi connectivity index (χ3n) is 3.88. The fourth-order valence-electron chi connectivity index (χ4n) is 2.66. The first kappa shape index (κ1) is 17.8. The van der Waals surface area contributed by atoms with Crippen LogP contribution in [0.3, 0.4) is 0 Å². The van der Waals surface area contributed by atoms with E-state index in [4.69, 9.17) is 9.47 Å². The van der Waals surface area contributed by atoms with Crippen molar-refractivity contribution in [3.05, 3.63) is 23.3 Å². The van der Waals surface area contributed by atoms with Crippen LogP contribution in [0.1, 0.15) is 63.1 Å². The second-order valence-electron chi connectivity index (χ2n) is 5.57. The van der Waals surface area contributed by atoms with Crippen LogP contribution in [0.15, 0.2) is 12.1 Å². The minimum Gasteiger partial charge on any atom is -0.493 e. The Morgan fingerprint density at radius 3 is 2.24 bits per heavy atom. The quantitative estimate of drug-likeness (QED) is 0.638. The van der Waals surface area contributed by atoms with Crippen molar-refractivity contribution in [2.45, 2.75) is 58.9 Å². The molecule has 1 aromatic rings. The molecule has 0 aromatic heterocycles. The highest BCUT2D eigenvalue weighted by Crippen LogP contribution is 2.34. The molecule has 0 amide bonds. The van der Waals surface area contributed by atoms with Crippen LogP contribution in [0.4, 0.5) is 0 Å². The van der Waals surface area contributed by atoms with Crippen molar-refractivity contribution in [1.29, 1.82) is 0 Å². The number of ether oxygens (including phenoxy) is 2. The van der Waals surface area contributed by atoms with Gasteiger partial charge in [0, 0.05) is 6.04 Å². The minimum absolute atomic E-state index is 0.399. The van der Waals surface area contributed by atoms with Crippen LogP contribution in [0.2, 0.25) is 0 Å².